The molecule has 202 valence electrons. The molecule has 3 N–H and O–H groups in total. The lowest BCUT2D eigenvalue weighted by Gasteiger charge is -2.35. The number of aliphatic hydroxyl groups is 1. The number of aliphatic hydroxyl groups excluding tert-OH is 1. The van der Waals surface area contributed by atoms with Gasteiger partial charge in [0.1, 0.15) is 12.1 Å². The minimum Gasteiger partial charge on any atom is -0.391 e. The first-order chi connectivity index (χ1) is 16.8. The Balaban J connectivity index is 1.46. The summed E-state index contributed by atoms with van der Waals surface area (Å²) in [4.78, 5) is 28.6. The summed E-state index contributed by atoms with van der Waals surface area (Å²) in [5.74, 6) is -0.206. The van der Waals surface area contributed by atoms with Crippen molar-refractivity contribution in [3.63, 3.8) is 0 Å². The molecule has 1 aromatic heterocycles. The highest BCUT2D eigenvalue weighted by molar-refractivity contribution is 7.88. The molecule has 2 amide bonds. The van der Waals surface area contributed by atoms with Gasteiger partial charge in [-0.15, -0.1) is 5.10 Å². The number of nitrogens with zero attached hydrogens (tertiary/aromatic N) is 4. The molecule has 5 atom stereocenters. The number of aromatic nitrogens is 3. The van der Waals surface area contributed by atoms with Crippen molar-refractivity contribution in [2.45, 2.75) is 95.9 Å². The van der Waals surface area contributed by atoms with Crippen LogP contribution in [-0.4, -0.2) is 82.8 Å². The van der Waals surface area contributed by atoms with Gasteiger partial charge in [0.15, 0.2) is 0 Å². The molecule has 2 saturated carbocycles. The fraction of sp³-hybridized carbons (Fsp3) is 0.833. The second-order valence-electron chi connectivity index (χ2n) is 11.8. The van der Waals surface area contributed by atoms with Crippen LogP contribution in [0, 0.1) is 11.3 Å². The van der Waals surface area contributed by atoms with Crippen LogP contribution < -0.4 is 10.0 Å². The van der Waals surface area contributed by atoms with E-state index in [0.717, 1.165) is 50.5 Å². The maximum Gasteiger partial charge on any atom is 0.248 e. The third kappa shape index (κ3) is 6.44. The predicted octanol–water partition coefficient (Wildman–Crippen LogP) is 0.929. The van der Waals surface area contributed by atoms with E-state index < -0.39 is 33.6 Å². The van der Waals surface area contributed by atoms with Crippen LogP contribution in [0.4, 0.5) is 0 Å². The molecule has 3 fully saturated rings. The van der Waals surface area contributed by atoms with Crippen molar-refractivity contribution in [3.05, 3.63) is 11.9 Å². The second-order valence-corrected chi connectivity index (χ2v) is 13.6. The first-order valence-corrected chi connectivity index (χ1v) is 14.9. The van der Waals surface area contributed by atoms with E-state index >= 15 is 0 Å². The van der Waals surface area contributed by atoms with E-state index in [9.17, 15) is 23.1 Å². The SMILES string of the molecule is CC(C)(C)[C@H](C(=O)N1C[C@H](O)C[C@H]1C(=O)NCC1CCCCC1NS(C)(=O)=O)n1cc(C2CC2)nn1. The Labute approximate surface area is 213 Å². The first-order valence-electron chi connectivity index (χ1n) is 13.0. The number of carbonyl (C=O) groups is 2. The molecule has 0 bridgehead atoms. The molecule has 36 heavy (non-hydrogen) atoms. The van der Waals surface area contributed by atoms with Crippen molar-refractivity contribution in [3.8, 4) is 0 Å². The Morgan fingerprint density at radius 3 is 2.53 bits per heavy atom. The average molecular weight is 525 g/mol. The molecule has 2 unspecified atom stereocenters. The maximum atomic E-state index is 13.8. The molecule has 0 aromatic carbocycles. The van der Waals surface area contributed by atoms with Crippen LogP contribution >= 0.6 is 0 Å². The number of hydrogen-bond donors (Lipinski definition) is 3. The van der Waals surface area contributed by atoms with Crippen LogP contribution in [0.2, 0.25) is 0 Å². The number of sulfonamides is 1. The summed E-state index contributed by atoms with van der Waals surface area (Å²) in [6, 6.07) is -1.69. The largest absolute Gasteiger partial charge is 0.391 e. The maximum absolute atomic E-state index is 13.8. The quantitative estimate of drug-likeness (QED) is 0.458. The summed E-state index contributed by atoms with van der Waals surface area (Å²) >= 11 is 0. The number of likely N-dealkylation sites (tertiary alicyclic amines) is 1. The van der Waals surface area contributed by atoms with Gasteiger partial charge in [0.25, 0.3) is 0 Å². The molecule has 3 aliphatic rings. The van der Waals surface area contributed by atoms with Gasteiger partial charge >= 0.3 is 0 Å². The third-order valence-electron chi connectivity index (χ3n) is 7.52. The van der Waals surface area contributed by atoms with Gasteiger partial charge in [0.2, 0.25) is 21.8 Å². The Morgan fingerprint density at radius 2 is 1.89 bits per heavy atom. The van der Waals surface area contributed by atoms with Gasteiger partial charge in [-0.2, -0.15) is 0 Å². The summed E-state index contributed by atoms with van der Waals surface area (Å²) in [6.45, 7) is 6.25. The normalized spacial score (nSPS) is 28.2. The van der Waals surface area contributed by atoms with Crippen molar-refractivity contribution in [1.82, 2.24) is 29.9 Å². The van der Waals surface area contributed by atoms with Crippen molar-refractivity contribution in [1.29, 1.82) is 0 Å². The number of β-amino-alcohol motifs (C(OH)–C–C–N with tert-alkyl or cyclic N) is 1. The van der Waals surface area contributed by atoms with Gasteiger partial charge < -0.3 is 15.3 Å². The fourth-order valence-corrected chi connectivity index (χ4v) is 6.42. The summed E-state index contributed by atoms with van der Waals surface area (Å²) in [7, 11) is -3.35. The number of hydrogen-bond acceptors (Lipinski definition) is 7. The van der Waals surface area contributed by atoms with Crippen molar-refractivity contribution < 1.29 is 23.1 Å². The van der Waals surface area contributed by atoms with Gasteiger partial charge in [-0.1, -0.05) is 38.8 Å². The van der Waals surface area contributed by atoms with Gasteiger partial charge in [-0.05, 0) is 37.0 Å². The molecule has 1 aromatic rings. The minimum atomic E-state index is -3.35. The Morgan fingerprint density at radius 1 is 1.19 bits per heavy atom. The molecule has 1 saturated heterocycles. The van der Waals surface area contributed by atoms with Crippen LogP contribution in [0.1, 0.15) is 83.4 Å². The lowest BCUT2D eigenvalue weighted by molar-refractivity contribution is -0.144. The standard InChI is InChI=1S/C24H40N6O5S/c1-24(2,3)21(30-14-19(26-28-30)15-9-10-15)23(33)29-13-17(31)11-20(29)22(32)25-12-16-7-5-6-8-18(16)27-36(4,34)35/h14-18,20-21,27,31H,5-13H2,1-4H3,(H,25,32)/t16?,17-,18?,20+,21+/m1/s1. The molecular weight excluding hydrogens is 484 g/mol. The number of nitrogens with one attached hydrogen (secondary N) is 2. The van der Waals surface area contributed by atoms with E-state index in [1.165, 1.54) is 4.90 Å². The van der Waals surface area contributed by atoms with E-state index in [2.05, 4.69) is 20.4 Å². The van der Waals surface area contributed by atoms with Crippen LogP contribution in [0.3, 0.4) is 0 Å². The van der Waals surface area contributed by atoms with E-state index in [0.29, 0.717) is 12.5 Å². The molecule has 0 radical (unpaired) electrons. The zero-order valence-corrected chi connectivity index (χ0v) is 22.5. The summed E-state index contributed by atoms with van der Waals surface area (Å²) < 4.78 is 27.8. The highest BCUT2D eigenvalue weighted by Crippen LogP contribution is 2.40. The second kappa shape index (κ2) is 10.4. The van der Waals surface area contributed by atoms with Gasteiger partial charge in [0.05, 0.1) is 18.1 Å². The highest BCUT2D eigenvalue weighted by atomic mass is 32.2. The monoisotopic (exact) mass is 524 g/mol. The van der Waals surface area contributed by atoms with Gasteiger partial charge in [-0.25, -0.2) is 17.8 Å². The van der Waals surface area contributed by atoms with Crippen molar-refractivity contribution >= 4 is 21.8 Å². The van der Waals surface area contributed by atoms with Gasteiger partial charge in [0, 0.05) is 37.7 Å². The number of amides is 2. The van der Waals surface area contributed by atoms with Crippen LogP contribution in [-0.2, 0) is 19.6 Å². The first kappa shape index (κ1) is 27.0. The van der Waals surface area contributed by atoms with E-state index in [-0.39, 0.29) is 36.7 Å². The third-order valence-corrected chi connectivity index (χ3v) is 8.25. The molecular formula is C24H40N6O5S. The lowest BCUT2D eigenvalue weighted by Crippen LogP contribution is -2.52. The highest BCUT2D eigenvalue weighted by Gasteiger charge is 2.45. The van der Waals surface area contributed by atoms with Crippen LogP contribution in [0.5, 0.6) is 0 Å². The molecule has 2 aliphatic carbocycles. The van der Waals surface area contributed by atoms with Crippen molar-refractivity contribution in [2.24, 2.45) is 11.3 Å². The Hall–Kier alpha value is -2.05. The van der Waals surface area contributed by atoms with Gasteiger partial charge in [-0.3, -0.25) is 9.59 Å². The average Bonchev–Trinajstić information content (AvgIpc) is 3.38. The van der Waals surface area contributed by atoms with E-state index in [1.807, 2.05) is 27.0 Å². The smallest absolute Gasteiger partial charge is 0.248 e. The van der Waals surface area contributed by atoms with Crippen LogP contribution in [0.25, 0.3) is 0 Å². The Bertz CT molecular complexity index is 1060. The molecule has 1 aliphatic heterocycles. The minimum absolute atomic E-state index is 0.0220. The molecule has 2 heterocycles. The number of carbonyl (C=O) groups excluding carboxylic acids is 2. The molecule has 0 spiro atoms. The zero-order chi connectivity index (χ0) is 26.3. The van der Waals surface area contributed by atoms with E-state index in [4.69, 9.17) is 0 Å². The fourth-order valence-electron chi connectivity index (χ4n) is 5.56. The predicted molar refractivity (Wildman–Crippen MR) is 133 cm³/mol. The summed E-state index contributed by atoms with van der Waals surface area (Å²) in [6.07, 6.45) is 7.97. The van der Waals surface area contributed by atoms with E-state index in [1.54, 1.807) is 4.68 Å². The van der Waals surface area contributed by atoms with Crippen molar-refractivity contribution in [2.75, 3.05) is 19.3 Å². The molecule has 12 heteroatoms. The van der Waals surface area contributed by atoms with Crippen LogP contribution in [0.15, 0.2) is 6.20 Å². The molecule has 4 rings (SSSR count). The molecule has 11 nitrogen and oxygen atoms in total. The zero-order valence-electron chi connectivity index (χ0n) is 21.7. The summed E-state index contributed by atoms with van der Waals surface area (Å²) in [5, 5.41) is 21.9. The summed E-state index contributed by atoms with van der Waals surface area (Å²) in [5.41, 5.74) is 0.393. The Kier molecular flexibility index (Phi) is 7.78. The lowest BCUT2D eigenvalue weighted by atomic mass is 9.85. The number of rotatable bonds is 8. The topological polar surface area (TPSA) is 147 Å².